The number of carboxylic acid groups (broad SMARTS) is 1. The average Bonchev–Trinajstić information content (AvgIpc) is 2.47. The van der Waals surface area contributed by atoms with Crippen molar-refractivity contribution in [1.82, 2.24) is 4.90 Å². The van der Waals surface area contributed by atoms with Crippen LogP contribution in [0.25, 0.3) is 0 Å². The van der Waals surface area contributed by atoms with Crippen molar-refractivity contribution < 1.29 is 19.4 Å². The summed E-state index contributed by atoms with van der Waals surface area (Å²) in [6.07, 6.45) is 2.23. The van der Waals surface area contributed by atoms with Crippen LogP contribution in [0, 0.1) is 0 Å². The molecule has 5 nitrogen and oxygen atoms in total. The van der Waals surface area contributed by atoms with Gasteiger partial charge in [0.25, 0.3) is 0 Å². The SMILES string of the molecule is O=C(O)COC1CCN(C(=O)C2Cc3ccccc32)CC1. The van der Waals surface area contributed by atoms with E-state index in [1.165, 1.54) is 5.56 Å². The number of benzene rings is 1. The second kappa shape index (κ2) is 5.85. The average molecular weight is 289 g/mol. The van der Waals surface area contributed by atoms with Gasteiger partial charge >= 0.3 is 5.97 Å². The summed E-state index contributed by atoms with van der Waals surface area (Å²) in [5.74, 6) is -0.734. The fourth-order valence-electron chi connectivity index (χ4n) is 3.13. The molecule has 1 heterocycles. The van der Waals surface area contributed by atoms with Gasteiger partial charge in [-0.15, -0.1) is 0 Å². The van der Waals surface area contributed by atoms with Crippen molar-refractivity contribution in [3.8, 4) is 0 Å². The highest BCUT2D eigenvalue weighted by Crippen LogP contribution is 2.36. The topological polar surface area (TPSA) is 66.8 Å². The smallest absolute Gasteiger partial charge is 0.329 e. The Morgan fingerprint density at radius 2 is 1.95 bits per heavy atom. The normalized spacial score (nSPS) is 21.5. The van der Waals surface area contributed by atoms with Crippen LogP contribution in [0.3, 0.4) is 0 Å². The summed E-state index contributed by atoms with van der Waals surface area (Å²) in [5, 5.41) is 8.60. The second-order valence-corrected chi connectivity index (χ2v) is 5.68. The van der Waals surface area contributed by atoms with E-state index in [1.54, 1.807) is 0 Å². The molecule has 1 N–H and O–H groups in total. The number of amides is 1. The van der Waals surface area contributed by atoms with E-state index < -0.39 is 5.97 Å². The number of carboxylic acids is 1. The molecule has 5 heteroatoms. The van der Waals surface area contributed by atoms with Gasteiger partial charge in [0.1, 0.15) is 6.61 Å². The number of rotatable bonds is 4. The molecule has 1 aromatic rings. The zero-order valence-corrected chi connectivity index (χ0v) is 11.8. The number of likely N-dealkylation sites (tertiary alicyclic amines) is 1. The Morgan fingerprint density at radius 3 is 2.62 bits per heavy atom. The third kappa shape index (κ3) is 2.93. The van der Waals surface area contributed by atoms with Gasteiger partial charge in [-0.1, -0.05) is 24.3 Å². The molecule has 0 radical (unpaired) electrons. The molecule has 112 valence electrons. The van der Waals surface area contributed by atoms with Gasteiger partial charge in [-0.05, 0) is 30.4 Å². The van der Waals surface area contributed by atoms with Crippen LogP contribution in [-0.2, 0) is 20.7 Å². The van der Waals surface area contributed by atoms with Crippen LogP contribution in [0.2, 0.25) is 0 Å². The van der Waals surface area contributed by atoms with Gasteiger partial charge in [-0.2, -0.15) is 0 Å². The molecule has 0 aromatic heterocycles. The van der Waals surface area contributed by atoms with Crippen LogP contribution >= 0.6 is 0 Å². The van der Waals surface area contributed by atoms with E-state index in [9.17, 15) is 9.59 Å². The highest BCUT2D eigenvalue weighted by Gasteiger charge is 2.35. The maximum Gasteiger partial charge on any atom is 0.329 e. The molecule has 21 heavy (non-hydrogen) atoms. The summed E-state index contributed by atoms with van der Waals surface area (Å²) in [4.78, 5) is 24.9. The van der Waals surface area contributed by atoms with Crippen LogP contribution < -0.4 is 0 Å². The van der Waals surface area contributed by atoms with E-state index in [2.05, 4.69) is 6.07 Å². The molecule has 1 aliphatic carbocycles. The summed E-state index contributed by atoms with van der Waals surface area (Å²) in [6.45, 7) is 1.05. The Bertz CT molecular complexity index is 549. The van der Waals surface area contributed by atoms with Crippen molar-refractivity contribution in [3.63, 3.8) is 0 Å². The third-order valence-electron chi connectivity index (χ3n) is 4.35. The van der Waals surface area contributed by atoms with Crippen LogP contribution in [-0.4, -0.2) is 47.7 Å². The molecular formula is C16H19NO4. The molecule has 1 unspecified atom stereocenters. The van der Waals surface area contributed by atoms with Gasteiger partial charge < -0.3 is 14.7 Å². The predicted molar refractivity (Wildman–Crippen MR) is 76.1 cm³/mol. The minimum Gasteiger partial charge on any atom is -0.480 e. The molecule has 1 atom stereocenters. The first kappa shape index (κ1) is 14.1. The molecule has 0 saturated carbocycles. The molecule has 1 saturated heterocycles. The Balaban J connectivity index is 1.51. The Hall–Kier alpha value is -1.88. The first-order chi connectivity index (χ1) is 10.1. The maximum atomic E-state index is 12.5. The van der Waals surface area contributed by atoms with Crippen LogP contribution in [0.1, 0.15) is 29.9 Å². The molecule has 1 aromatic carbocycles. The summed E-state index contributed by atoms with van der Waals surface area (Å²) < 4.78 is 5.29. The van der Waals surface area contributed by atoms with E-state index in [-0.39, 0.29) is 24.5 Å². The highest BCUT2D eigenvalue weighted by atomic mass is 16.5. The van der Waals surface area contributed by atoms with Gasteiger partial charge in [-0.25, -0.2) is 4.79 Å². The lowest BCUT2D eigenvalue weighted by molar-refractivity contribution is -0.147. The maximum absolute atomic E-state index is 12.5. The number of aliphatic carboxylic acids is 1. The van der Waals surface area contributed by atoms with Crippen LogP contribution in [0.5, 0.6) is 0 Å². The summed E-state index contributed by atoms with van der Waals surface area (Å²) in [6, 6.07) is 8.09. The van der Waals surface area contributed by atoms with E-state index in [1.807, 2.05) is 23.1 Å². The first-order valence-corrected chi connectivity index (χ1v) is 7.35. The lowest BCUT2D eigenvalue weighted by Crippen LogP contribution is -2.45. The largest absolute Gasteiger partial charge is 0.480 e. The third-order valence-corrected chi connectivity index (χ3v) is 4.35. The number of piperidine rings is 1. The minimum absolute atomic E-state index is 0.0117. The molecule has 1 amide bonds. The molecule has 0 bridgehead atoms. The number of fused-ring (bicyclic) bond motifs is 1. The summed E-state index contributed by atoms with van der Waals surface area (Å²) >= 11 is 0. The van der Waals surface area contributed by atoms with Gasteiger partial charge in [0.15, 0.2) is 0 Å². The van der Waals surface area contributed by atoms with Crippen molar-refractivity contribution in [2.45, 2.75) is 31.3 Å². The lowest BCUT2D eigenvalue weighted by atomic mass is 9.76. The number of carbonyl (C=O) groups is 2. The number of hydrogen-bond acceptors (Lipinski definition) is 3. The van der Waals surface area contributed by atoms with Crippen molar-refractivity contribution in [1.29, 1.82) is 0 Å². The van der Waals surface area contributed by atoms with Gasteiger partial charge in [0, 0.05) is 13.1 Å². The van der Waals surface area contributed by atoms with Crippen molar-refractivity contribution >= 4 is 11.9 Å². The number of nitrogens with zero attached hydrogens (tertiary/aromatic N) is 1. The standard InChI is InChI=1S/C16H19NO4/c18-15(19)10-21-12-5-7-17(8-6-12)16(20)14-9-11-3-1-2-4-13(11)14/h1-4,12,14H,5-10H2,(H,18,19). The van der Waals surface area contributed by atoms with Crippen LogP contribution in [0.4, 0.5) is 0 Å². The predicted octanol–water partition coefficient (Wildman–Crippen LogP) is 1.42. The van der Waals surface area contributed by atoms with Crippen molar-refractivity contribution in [2.75, 3.05) is 19.7 Å². The highest BCUT2D eigenvalue weighted by molar-refractivity contribution is 5.87. The minimum atomic E-state index is -0.945. The van der Waals surface area contributed by atoms with E-state index in [0.29, 0.717) is 25.9 Å². The fraction of sp³-hybridized carbons (Fsp3) is 0.500. The quantitative estimate of drug-likeness (QED) is 0.910. The number of ether oxygens (including phenoxy) is 1. The molecule has 2 aliphatic rings. The number of carbonyl (C=O) groups excluding carboxylic acids is 1. The fourth-order valence-corrected chi connectivity index (χ4v) is 3.13. The zero-order valence-electron chi connectivity index (χ0n) is 11.8. The Labute approximate surface area is 123 Å². The van der Waals surface area contributed by atoms with E-state index in [0.717, 1.165) is 12.0 Å². The second-order valence-electron chi connectivity index (χ2n) is 5.68. The van der Waals surface area contributed by atoms with Crippen LogP contribution in [0.15, 0.2) is 24.3 Å². The molecule has 3 rings (SSSR count). The van der Waals surface area contributed by atoms with Gasteiger partial charge in [0.2, 0.25) is 5.91 Å². The van der Waals surface area contributed by atoms with E-state index >= 15 is 0 Å². The Morgan fingerprint density at radius 1 is 1.24 bits per heavy atom. The zero-order chi connectivity index (χ0) is 14.8. The van der Waals surface area contributed by atoms with Crippen molar-refractivity contribution in [2.24, 2.45) is 0 Å². The monoisotopic (exact) mass is 289 g/mol. The lowest BCUT2D eigenvalue weighted by Gasteiger charge is -2.37. The van der Waals surface area contributed by atoms with Gasteiger partial charge in [0.05, 0.1) is 12.0 Å². The first-order valence-electron chi connectivity index (χ1n) is 7.35. The molecule has 1 fully saturated rings. The van der Waals surface area contributed by atoms with Gasteiger partial charge in [-0.3, -0.25) is 4.79 Å². The molecule has 0 spiro atoms. The summed E-state index contributed by atoms with van der Waals surface area (Å²) in [5.41, 5.74) is 2.43. The Kier molecular flexibility index (Phi) is 3.92. The molecule has 1 aliphatic heterocycles. The number of hydrogen-bond donors (Lipinski definition) is 1. The van der Waals surface area contributed by atoms with Crippen molar-refractivity contribution in [3.05, 3.63) is 35.4 Å². The van der Waals surface area contributed by atoms with E-state index in [4.69, 9.17) is 9.84 Å². The summed E-state index contributed by atoms with van der Waals surface area (Å²) in [7, 11) is 0. The molecular weight excluding hydrogens is 270 g/mol.